The molecule has 1 aliphatic heterocycles. The Kier molecular flexibility index (Phi) is 6.73. The van der Waals surface area contributed by atoms with Crippen LogP contribution in [-0.2, 0) is 9.47 Å². The normalized spacial score (nSPS) is 22.1. The summed E-state index contributed by atoms with van der Waals surface area (Å²) in [7, 11) is 3.32. The molecular formula is C17H23N5O3S2. The molecular weight excluding hydrogens is 386 g/mol. The molecule has 1 fully saturated rings. The number of nitrogens with two attached hydrogens (primary N) is 2. The maximum absolute atomic E-state index is 12.4. The first-order chi connectivity index (χ1) is 13.1. The summed E-state index contributed by atoms with van der Waals surface area (Å²) in [6, 6.07) is 0. The molecule has 2 aromatic heterocycles. The van der Waals surface area contributed by atoms with E-state index in [1.54, 1.807) is 27.8 Å². The van der Waals surface area contributed by atoms with Gasteiger partial charge in [0.15, 0.2) is 5.65 Å². The zero-order valence-electron chi connectivity index (χ0n) is 15.2. The number of ether oxygens (including phenoxy) is 2. The number of H-pyrrole nitrogens is 1. The van der Waals surface area contributed by atoms with Gasteiger partial charge in [0.2, 0.25) is 5.95 Å². The van der Waals surface area contributed by atoms with E-state index in [9.17, 15) is 4.79 Å². The van der Waals surface area contributed by atoms with Crippen molar-refractivity contribution in [3.05, 3.63) is 22.1 Å². The number of aromatic amines is 1. The molecule has 146 valence electrons. The third kappa shape index (κ3) is 4.28. The quantitative estimate of drug-likeness (QED) is 0.285. The average Bonchev–Trinajstić information content (AvgIpc) is 3.21. The van der Waals surface area contributed by atoms with Crippen LogP contribution >= 0.6 is 21.6 Å². The molecule has 2 aromatic rings. The fourth-order valence-corrected chi connectivity index (χ4v) is 3.99. The zero-order valence-corrected chi connectivity index (χ0v) is 16.9. The van der Waals surface area contributed by atoms with Crippen molar-refractivity contribution in [1.29, 1.82) is 0 Å². The number of fused-ring (bicyclic) bond motifs is 1. The van der Waals surface area contributed by atoms with Crippen LogP contribution in [0, 0.1) is 11.8 Å². The summed E-state index contributed by atoms with van der Waals surface area (Å²) in [5.74, 6) is 6.38. The average molecular weight is 410 g/mol. The standard InChI is InChI=1S/C17H23N5O3S2/c1-3-11-12(24-9-27-26-2)7-13(25-11)22-8-10(5-4-6-18)14-15(22)20-17(19)21-16(14)23/h8,11-13H,3,6-7,9,18H2,1-2H3,(H3,19,20,21,23)/t11-,12-,13-/m1/s1. The molecule has 0 aromatic carbocycles. The Morgan fingerprint density at radius 1 is 1.56 bits per heavy atom. The second-order valence-corrected chi connectivity index (χ2v) is 8.50. The van der Waals surface area contributed by atoms with Crippen LogP contribution in [0.25, 0.3) is 11.0 Å². The van der Waals surface area contributed by atoms with Gasteiger partial charge in [0.1, 0.15) is 12.2 Å². The number of nitrogens with zero attached hydrogens (tertiary/aromatic N) is 2. The highest BCUT2D eigenvalue weighted by molar-refractivity contribution is 8.76. The number of nitrogen functional groups attached to an aromatic ring is 1. The third-order valence-electron chi connectivity index (χ3n) is 4.37. The molecule has 1 saturated heterocycles. The van der Waals surface area contributed by atoms with E-state index in [2.05, 4.69) is 28.7 Å². The summed E-state index contributed by atoms with van der Waals surface area (Å²) in [6.07, 6.45) is 4.95. The van der Waals surface area contributed by atoms with E-state index >= 15 is 0 Å². The Hall–Kier alpha value is -1.64. The van der Waals surface area contributed by atoms with Crippen LogP contribution < -0.4 is 17.0 Å². The summed E-state index contributed by atoms with van der Waals surface area (Å²) in [5, 5.41) is 0.393. The summed E-state index contributed by atoms with van der Waals surface area (Å²) in [4.78, 5) is 19.3. The lowest BCUT2D eigenvalue weighted by molar-refractivity contribution is -0.0295. The minimum Gasteiger partial charge on any atom is -0.369 e. The molecule has 1 aliphatic rings. The van der Waals surface area contributed by atoms with Crippen molar-refractivity contribution in [3.63, 3.8) is 0 Å². The number of aromatic nitrogens is 3. The van der Waals surface area contributed by atoms with Gasteiger partial charge in [-0.05, 0) is 12.7 Å². The molecule has 3 atom stereocenters. The van der Waals surface area contributed by atoms with Crippen molar-refractivity contribution in [2.75, 3.05) is 24.5 Å². The van der Waals surface area contributed by atoms with E-state index in [0.29, 0.717) is 29.0 Å². The lowest BCUT2D eigenvalue weighted by Crippen LogP contribution is -2.23. The van der Waals surface area contributed by atoms with Crippen molar-refractivity contribution in [3.8, 4) is 11.8 Å². The topological polar surface area (TPSA) is 121 Å². The van der Waals surface area contributed by atoms with Gasteiger partial charge < -0.3 is 25.5 Å². The van der Waals surface area contributed by atoms with Crippen LogP contribution in [0.5, 0.6) is 0 Å². The van der Waals surface area contributed by atoms with Crippen molar-refractivity contribution < 1.29 is 9.47 Å². The summed E-state index contributed by atoms with van der Waals surface area (Å²) >= 11 is 0. The van der Waals surface area contributed by atoms with Gasteiger partial charge >= 0.3 is 0 Å². The van der Waals surface area contributed by atoms with Crippen molar-refractivity contribution >= 4 is 38.6 Å². The van der Waals surface area contributed by atoms with Crippen molar-refractivity contribution in [1.82, 2.24) is 14.5 Å². The highest BCUT2D eigenvalue weighted by atomic mass is 33.1. The van der Waals surface area contributed by atoms with E-state index in [1.807, 2.05) is 10.8 Å². The second-order valence-electron chi connectivity index (χ2n) is 5.99. The number of hydrogen-bond donors (Lipinski definition) is 3. The molecule has 0 radical (unpaired) electrons. The predicted octanol–water partition coefficient (Wildman–Crippen LogP) is 1.67. The van der Waals surface area contributed by atoms with Crippen LogP contribution in [0.1, 0.15) is 31.6 Å². The SMILES string of the molecule is CC[C@H]1O[C@@H](n2cc(C#CCN)c3c(=O)[nH]c(N)nc32)C[C@H]1OCSSC. The number of anilines is 1. The van der Waals surface area contributed by atoms with E-state index < -0.39 is 0 Å². The van der Waals surface area contributed by atoms with Crippen LogP contribution in [0.4, 0.5) is 5.95 Å². The fraction of sp³-hybridized carbons (Fsp3) is 0.529. The third-order valence-corrected chi connectivity index (χ3v) is 5.83. The highest BCUT2D eigenvalue weighted by Gasteiger charge is 2.37. The Labute approximate surface area is 165 Å². The molecule has 27 heavy (non-hydrogen) atoms. The van der Waals surface area contributed by atoms with E-state index in [0.717, 1.165) is 6.42 Å². The van der Waals surface area contributed by atoms with Gasteiger partial charge in [-0.2, -0.15) is 4.98 Å². The molecule has 0 spiro atoms. The maximum atomic E-state index is 12.4. The number of hydrogen-bond acceptors (Lipinski definition) is 8. The van der Waals surface area contributed by atoms with Gasteiger partial charge in [-0.1, -0.05) is 40.4 Å². The van der Waals surface area contributed by atoms with Crippen molar-refractivity contribution in [2.24, 2.45) is 5.73 Å². The van der Waals surface area contributed by atoms with Crippen LogP contribution in [0.3, 0.4) is 0 Å². The lowest BCUT2D eigenvalue weighted by atomic mass is 10.1. The highest BCUT2D eigenvalue weighted by Crippen LogP contribution is 2.35. The maximum Gasteiger partial charge on any atom is 0.263 e. The van der Waals surface area contributed by atoms with Crippen LogP contribution in [-0.4, -0.2) is 45.5 Å². The molecule has 0 unspecified atom stereocenters. The molecule has 0 bridgehead atoms. The van der Waals surface area contributed by atoms with E-state index in [-0.39, 0.29) is 36.5 Å². The Morgan fingerprint density at radius 3 is 3.07 bits per heavy atom. The van der Waals surface area contributed by atoms with Crippen molar-refractivity contribution in [2.45, 2.75) is 38.2 Å². The summed E-state index contributed by atoms with van der Waals surface area (Å²) in [5.41, 5.74) is 11.9. The minimum atomic E-state index is -0.327. The molecule has 0 aliphatic carbocycles. The second kappa shape index (κ2) is 9.03. The molecule has 5 N–H and O–H groups in total. The minimum absolute atomic E-state index is 0.0185. The van der Waals surface area contributed by atoms with Crippen LogP contribution in [0.2, 0.25) is 0 Å². The van der Waals surface area contributed by atoms with Crippen LogP contribution in [0.15, 0.2) is 11.0 Å². The molecule has 3 rings (SSSR count). The fourth-order valence-electron chi connectivity index (χ4n) is 3.21. The number of nitrogens with one attached hydrogen (secondary N) is 1. The zero-order chi connectivity index (χ0) is 19.4. The molecule has 10 heteroatoms. The Morgan fingerprint density at radius 2 is 2.37 bits per heavy atom. The van der Waals surface area contributed by atoms with Gasteiger partial charge in [0.25, 0.3) is 5.56 Å². The lowest BCUT2D eigenvalue weighted by Gasteiger charge is -2.16. The van der Waals surface area contributed by atoms with E-state index in [1.165, 1.54) is 0 Å². The molecule has 8 nitrogen and oxygen atoms in total. The first-order valence-electron chi connectivity index (χ1n) is 8.61. The predicted molar refractivity (Wildman–Crippen MR) is 110 cm³/mol. The molecule has 0 amide bonds. The summed E-state index contributed by atoms with van der Waals surface area (Å²) in [6.45, 7) is 2.27. The monoisotopic (exact) mass is 409 g/mol. The first kappa shape index (κ1) is 20.1. The Balaban J connectivity index is 1.97. The van der Waals surface area contributed by atoms with Gasteiger partial charge in [-0.25, -0.2) is 0 Å². The van der Waals surface area contributed by atoms with Gasteiger partial charge in [-0.3, -0.25) is 9.78 Å². The largest absolute Gasteiger partial charge is 0.369 e. The van der Waals surface area contributed by atoms with E-state index in [4.69, 9.17) is 20.9 Å². The summed E-state index contributed by atoms with van der Waals surface area (Å²) < 4.78 is 14.0. The van der Waals surface area contributed by atoms with Gasteiger partial charge in [0.05, 0.1) is 29.7 Å². The molecule has 3 heterocycles. The first-order valence-corrected chi connectivity index (χ1v) is 11.3. The number of rotatable bonds is 6. The Bertz CT molecular complexity index is 917. The van der Waals surface area contributed by atoms with Gasteiger partial charge in [0, 0.05) is 12.6 Å². The smallest absolute Gasteiger partial charge is 0.263 e. The molecule has 0 saturated carbocycles. The van der Waals surface area contributed by atoms with Gasteiger partial charge in [-0.15, -0.1) is 0 Å².